The van der Waals surface area contributed by atoms with Crippen LogP contribution in [-0.2, 0) is 17.8 Å². The van der Waals surface area contributed by atoms with Crippen molar-refractivity contribution in [3.8, 4) is 0 Å². The van der Waals surface area contributed by atoms with E-state index >= 15 is 0 Å². The molecule has 0 fully saturated rings. The Morgan fingerprint density at radius 2 is 1.50 bits per heavy atom. The molecule has 0 saturated heterocycles. The second-order valence-electron chi connectivity index (χ2n) is 5.77. The third-order valence-corrected chi connectivity index (χ3v) is 4.40. The highest BCUT2D eigenvalue weighted by atomic mass is 79.9. The molecule has 4 nitrogen and oxygen atoms in total. The first kappa shape index (κ1) is 20.0. The number of amides is 1. The molecule has 1 N–H and O–H groups in total. The smallest absolute Gasteiger partial charge is 0.230 e. The van der Waals surface area contributed by atoms with Crippen molar-refractivity contribution in [3.05, 3.63) is 81.2 Å². The fraction of sp³-hybridized carbons (Fsp3) is 0.111. The molecule has 3 aromatic rings. The highest BCUT2D eigenvalue weighted by Gasteiger charge is 2.27. The molecule has 2 aromatic carbocycles. The molecule has 28 heavy (non-hydrogen) atoms. The molecule has 0 atom stereocenters. The zero-order valence-corrected chi connectivity index (χ0v) is 15.5. The quantitative estimate of drug-likeness (QED) is 0.345. The molecule has 3 rings (SSSR count). The van der Waals surface area contributed by atoms with E-state index in [0.29, 0.717) is 6.54 Å². The van der Waals surface area contributed by atoms with Gasteiger partial charge in [0.15, 0.2) is 23.3 Å². The van der Waals surface area contributed by atoms with Crippen LogP contribution in [0.25, 0.3) is 0 Å². The molecule has 0 saturated carbocycles. The van der Waals surface area contributed by atoms with Crippen LogP contribution in [0.3, 0.4) is 0 Å². The fourth-order valence-electron chi connectivity index (χ4n) is 2.48. The Kier molecular flexibility index (Phi) is 5.78. The molecule has 0 aliphatic rings. The van der Waals surface area contributed by atoms with Gasteiger partial charge in [-0.15, -0.1) is 0 Å². The van der Waals surface area contributed by atoms with Gasteiger partial charge in [-0.05, 0) is 17.7 Å². The average Bonchev–Trinajstić information content (AvgIpc) is 3.10. The molecule has 1 amide bonds. The number of nitrogens with one attached hydrogen (secondary N) is 1. The SMILES string of the molecule is O=C(Cc1c(F)c(F)c(F)c(F)c1F)Nc1ccnn1Cc1ccc(Br)cc1. The van der Waals surface area contributed by atoms with Crippen molar-refractivity contribution >= 4 is 27.7 Å². The predicted molar refractivity (Wildman–Crippen MR) is 94.0 cm³/mol. The standard InChI is InChI=1S/C18H11BrF5N3O/c19-10-3-1-9(2-4-10)8-27-12(5-6-25-27)26-13(28)7-11-14(20)16(22)18(24)17(23)15(11)21/h1-6H,7-8H2,(H,26,28). The molecule has 0 aliphatic heterocycles. The Morgan fingerprint density at radius 3 is 2.11 bits per heavy atom. The first-order valence-corrected chi connectivity index (χ1v) is 8.63. The van der Waals surface area contributed by atoms with Crippen molar-refractivity contribution in [1.82, 2.24) is 9.78 Å². The number of carbonyl (C=O) groups excluding carboxylic acids is 1. The van der Waals surface area contributed by atoms with Crippen molar-refractivity contribution in [2.24, 2.45) is 0 Å². The van der Waals surface area contributed by atoms with Crippen LogP contribution in [0.15, 0.2) is 41.0 Å². The van der Waals surface area contributed by atoms with E-state index in [-0.39, 0.29) is 5.82 Å². The molecule has 0 radical (unpaired) electrons. The lowest BCUT2D eigenvalue weighted by molar-refractivity contribution is -0.115. The van der Waals surface area contributed by atoms with E-state index in [9.17, 15) is 26.7 Å². The van der Waals surface area contributed by atoms with Gasteiger partial charge in [-0.25, -0.2) is 26.6 Å². The van der Waals surface area contributed by atoms with Crippen LogP contribution in [0.1, 0.15) is 11.1 Å². The molecule has 146 valence electrons. The minimum absolute atomic E-state index is 0.205. The van der Waals surface area contributed by atoms with Gasteiger partial charge in [0, 0.05) is 16.1 Å². The largest absolute Gasteiger partial charge is 0.311 e. The van der Waals surface area contributed by atoms with Gasteiger partial charge >= 0.3 is 0 Å². The third kappa shape index (κ3) is 4.06. The second-order valence-corrected chi connectivity index (χ2v) is 6.69. The van der Waals surface area contributed by atoms with Crippen molar-refractivity contribution in [1.29, 1.82) is 0 Å². The van der Waals surface area contributed by atoms with Crippen LogP contribution in [0.4, 0.5) is 27.8 Å². The van der Waals surface area contributed by atoms with E-state index in [1.165, 1.54) is 16.9 Å². The number of aromatic nitrogens is 2. The van der Waals surface area contributed by atoms with Crippen LogP contribution in [0.5, 0.6) is 0 Å². The van der Waals surface area contributed by atoms with Gasteiger partial charge < -0.3 is 5.32 Å². The summed E-state index contributed by atoms with van der Waals surface area (Å²) in [6.45, 7) is 0.290. The Balaban J connectivity index is 1.77. The summed E-state index contributed by atoms with van der Waals surface area (Å²) in [6, 6.07) is 8.73. The zero-order chi connectivity index (χ0) is 20.4. The van der Waals surface area contributed by atoms with Crippen molar-refractivity contribution in [3.63, 3.8) is 0 Å². The zero-order valence-electron chi connectivity index (χ0n) is 13.9. The van der Waals surface area contributed by atoms with Crippen LogP contribution in [0.2, 0.25) is 0 Å². The second kappa shape index (κ2) is 8.09. The normalized spacial score (nSPS) is 10.9. The number of carbonyl (C=O) groups is 1. The Morgan fingerprint density at radius 1 is 0.929 bits per heavy atom. The number of halogens is 6. The topological polar surface area (TPSA) is 46.9 Å². The summed E-state index contributed by atoms with van der Waals surface area (Å²) < 4.78 is 69.3. The van der Waals surface area contributed by atoms with E-state index in [0.717, 1.165) is 10.0 Å². The summed E-state index contributed by atoms with van der Waals surface area (Å²) in [5.41, 5.74) is -0.338. The van der Waals surface area contributed by atoms with Gasteiger partial charge in [0.2, 0.25) is 11.7 Å². The molecule has 0 aliphatic carbocycles. The fourth-order valence-corrected chi connectivity index (χ4v) is 2.75. The van der Waals surface area contributed by atoms with Gasteiger partial charge in [0.25, 0.3) is 0 Å². The Bertz CT molecular complexity index is 1010. The number of hydrogen-bond donors (Lipinski definition) is 1. The van der Waals surface area contributed by atoms with Crippen molar-refractivity contribution < 1.29 is 26.7 Å². The lowest BCUT2D eigenvalue weighted by Crippen LogP contribution is -2.20. The van der Waals surface area contributed by atoms with Crippen LogP contribution in [-0.4, -0.2) is 15.7 Å². The van der Waals surface area contributed by atoms with E-state index in [1.807, 2.05) is 24.3 Å². The minimum Gasteiger partial charge on any atom is -0.311 e. The van der Waals surface area contributed by atoms with Crippen LogP contribution in [0, 0.1) is 29.1 Å². The Hall–Kier alpha value is -2.75. The van der Waals surface area contributed by atoms with Crippen LogP contribution >= 0.6 is 15.9 Å². The maximum atomic E-state index is 13.7. The molecule has 1 aromatic heterocycles. The number of hydrogen-bond acceptors (Lipinski definition) is 2. The lowest BCUT2D eigenvalue weighted by atomic mass is 10.1. The summed E-state index contributed by atoms with van der Waals surface area (Å²) in [4.78, 5) is 12.1. The Labute approximate surface area is 164 Å². The van der Waals surface area contributed by atoms with Crippen molar-refractivity contribution in [2.75, 3.05) is 5.32 Å². The van der Waals surface area contributed by atoms with E-state index in [4.69, 9.17) is 0 Å². The molecule has 0 unspecified atom stereocenters. The summed E-state index contributed by atoms with van der Waals surface area (Å²) in [5, 5.41) is 6.40. The number of benzene rings is 2. The summed E-state index contributed by atoms with van der Waals surface area (Å²) in [6.07, 6.45) is 0.363. The van der Waals surface area contributed by atoms with Gasteiger partial charge in [-0.2, -0.15) is 5.10 Å². The highest BCUT2D eigenvalue weighted by molar-refractivity contribution is 9.10. The van der Waals surface area contributed by atoms with Crippen LogP contribution < -0.4 is 5.32 Å². The summed E-state index contributed by atoms with van der Waals surface area (Å²) >= 11 is 3.31. The number of anilines is 1. The van der Waals surface area contributed by atoms with Gasteiger partial charge in [-0.1, -0.05) is 28.1 Å². The number of nitrogens with zero attached hydrogens (tertiary/aromatic N) is 2. The average molecular weight is 460 g/mol. The highest BCUT2D eigenvalue weighted by Crippen LogP contribution is 2.24. The van der Waals surface area contributed by atoms with Gasteiger partial charge in [-0.3, -0.25) is 4.79 Å². The first-order chi connectivity index (χ1) is 13.3. The predicted octanol–water partition coefficient (Wildman–Crippen LogP) is 4.57. The maximum Gasteiger partial charge on any atom is 0.230 e. The van der Waals surface area contributed by atoms with E-state index in [2.05, 4.69) is 26.3 Å². The third-order valence-electron chi connectivity index (χ3n) is 3.87. The van der Waals surface area contributed by atoms with Gasteiger partial charge in [0.1, 0.15) is 5.82 Å². The van der Waals surface area contributed by atoms with Gasteiger partial charge in [0.05, 0.1) is 19.2 Å². The van der Waals surface area contributed by atoms with E-state index < -0.39 is 47.0 Å². The summed E-state index contributed by atoms with van der Waals surface area (Å²) in [5.74, 6) is -11.3. The molecule has 10 heteroatoms. The molecular weight excluding hydrogens is 449 g/mol. The van der Waals surface area contributed by atoms with Crippen molar-refractivity contribution in [2.45, 2.75) is 13.0 Å². The maximum absolute atomic E-state index is 13.7. The number of rotatable bonds is 5. The lowest BCUT2D eigenvalue weighted by Gasteiger charge is -2.11. The molecule has 0 spiro atoms. The molecule has 1 heterocycles. The minimum atomic E-state index is -2.27. The summed E-state index contributed by atoms with van der Waals surface area (Å²) in [7, 11) is 0. The molecule has 0 bridgehead atoms. The first-order valence-electron chi connectivity index (χ1n) is 7.84. The molecular formula is C18H11BrF5N3O. The van der Waals surface area contributed by atoms with E-state index in [1.54, 1.807) is 0 Å². The monoisotopic (exact) mass is 459 g/mol.